The Bertz CT molecular complexity index is 1240. The molecule has 3 aromatic heterocycles. The van der Waals surface area contributed by atoms with Crippen LogP contribution in [-0.4, -0.2) is 48.7 Å². The number of hydrogen-bond donors (Lipinski definition) is 1. The molecule has 0 spiro atoms. The second-order valence-corrected chi connectivity index (χ2v) is 8.03. The van der Waals surface area contributed by atoms with Crippen molar-refractivity contribution in [3.05, 3.63) is 72.8 Å². The van der Waals surface area contributed by atoms with Gasteiger partial charge >= 0.3 is 0 Å². The molecule has 5 rings (SSSR count). The Hall–Kier alpha value is -4.14. The molecular weight excluding hydrogens is 416 g/mol. The Labute approximate surface area is 191 Å². The maximum Gasteiger partial charge on any atom is 0.231 e. The maximum absolute atomic E-state index is 12.8. The van der Waals surface area contributed by atoms with Crippen molar-refractivity contribution in [2.24, 2.45) is 5.92 Å². The molecule has 1 unspecified atom stereocenters. The zero-order chi connectivity index (χ0) is 22.6. The first kappa shape index (κ1) is 20.7. The van der Waals surface area contributed by atoms with Gasteiger partial charge in [0.2, 0.25) is 11.9 Å². The second-order valence-electron chi connectivity index (χ2n) is 8.03. The molecule has 0 aliphatic carbocycles. The van der Waals surface area contributed by atoms with Gasteiger partial charge < -0.3 is 4.90 Å². The number of nitrogens with zero attached hydrogens (tertiary/aromatic N) is 7. The Morgan fingerprint density at radius 2 is 1.82 bits per heavy atom. The van der Waals surface area contributed by atoms with Gasteiger partial charge in [-0.05, 0) is 38.0 Å². The number of imidazole rings is 1. The first-order valence-corrected chi connectivity index (χ1v) is 11.0. The van der Waals surface area contributed by atoms with E-state index in [-0.39, 0.29) is 11.8 Å². The highest BCUT2D eigenvalue weighted by atomic mass is 16.2. The predicted octanol–water partition coefficient (Wildman–Crippen LogP) is 3.28. The van der Waals surface area contributed by atoms with Crippen LogP contribution in [0.2, 0.25) is 0 Å². The third-order valence-electron chi connectivity index (χ3n) is 5.70. The zero-order valence-electron chi connectivity index (χ0n) is 18.3. The molecule has 0 bridgehead atoms. The number of carbonyl (C=O) groups is 1. The summed E-state index contributed by atoms with van der Waals surface area (Å²) in [6.07, 6.45) is 6.99. The number of aromatic nitrogens is 6. The summed E-state index contributed by atoms with van der Waals surface area (Å²) in [6, 6.07) is 15.6. The van der Waals surface area contributed by atoms with Crippen LogP contribution >= 0.6 is 0 Å². The van der Waals surface area contributed by atoms with Crippen molar-refractivity contribution in [3.8, 4) is 17.2 Å². The number of nitrogens with one attached hydrogen (secondary N) is 1. The van der Waals surface area contributed by atoms with Gasteiger partial charge in [-0.3, -0.25) is 14.7 Å². The summed E-state index contributed by atoms with van der Waals surface area (Å²) in [6.45, 7) is 3.28. The van der Waals surface area contributed by atoms with E-state index in [1.54, 1.807) is 18.5 Å². The van der Waals surface area contributed by atoms with Crippen molar-refractivity contribution >= 4 is 17.7 Å². The monoisotopic (exact) mass is 440 g/mol. The van der Waals surface area contributed by atoms with E-state index in [4.69, 9.17) is 0 Å². The number of benzene rings is 1. The van der Waals surface area contributed by atoms with E-state index in [1.807, 2.05) is 60.2 Å². The average Bonchev–Trinajstić information content (AvgIpc) is 3.35. The van der Waals surface area contributed by atoms with Crippen molar-refractivity contribution in [2.45, 2.75) is 19.8 Å². The lowest BCUT2D eigenvalue weighted by atomic mass is 9.97. The first-order valence-electron chi connectivity index (χ1n) is 11.0. The van der Waals surface area contributed by atoms with Crippen LogP contribution in [-0.2, 0) is 4.79 Å². The summed E-state index contributed by atoms with van der Waals surface area (Å²) in [7, 11) is 0. The predicted molar refractivity (Wildman–Crippen MR) is 125 cm³/mol. The fraction of sp³-hybridized carbons (Fsp3) is 0.250. The van der Waals surface area contributed by atoms with Crippen LogP contribution in [0.4, 0.5) is 11.8 Å². The average molecular weight is 441 g/mol. The van der Waals surface area contributed by atoms with Crippen LogP contribution < -0.4 is 10.2 Å². The molecule has 1 fully saturated rings. The van der Waals surface area contributed by atoms with Crippen LogP contribution in [0.1, 0.15) is 18.5 Å². The molecule has 1 atom stereocenters. The third-order valence-corrected chi connectivity index (χ3v) is 5.70. The second kappa shape index (κ2) is 9.15. The maximum atomic E-state index is 12.8. The molecule has 1 amide bonds. The van der Waals surface area contributed by atoms with Crippen LogP contribution in [0.25, 0.3) is 17.2 Å². The Balaban J connectivity index is 1.29. The van der Waals surface area contributed by atoms with Crippen molar-refractivity contribution in [1.82, 2.24) is 29.7 Å². The van der Waals surface area contributed by atoms with Gasteiger partial charge in [0.15, 0.2) is 11.6 Å². The van der Waals surface area contributed by atoms with Gasteiger partial charge in [0, 0.05) is 42.9 Å². The molecule has 1 aliphatic heterocycles. The molecule has 33 heavy (non-hydrogen) atoms. The lowest BCUT2D eigenvalue weighted by molar-refractivity contribution is -0.120. The van der Waals surface area contributed by atoms with E-state index in [1.165, 1.54) is 0 Å². The summed E-state index contributed by atoms with van der Waals surface area (Å²) >= 11 is 0. The largest absolute Gasteiger partial charge is 0.354 e. The summed E-state index contributed by atoms with van der Waals surface area (Å²) in [5.74, 6) is 2.37. The van der Waals surface area contributed by atoms with E-state index in [9.17, 15) is 4.79 Å². The van der Waals surface area contributed by atoms with E-state index < -0.39 is 0 Å². The minimum Gasteiger partial charge on any atom is -0.354 e. The smallest absolute Gasteiger partial charge is 0.231 e. The number of hydrogen-bond acceptors (Lipinski definition) is 7. The van der Waals surface area contributed by atoms with Crippen molar-refractivity contribution < 1.29 is 4.79 Å². The van der Waals surface area contributed by atoms with E-state index >= 15 is 0 Å². The molecule has 0 saturated carbocycles. The summed E-state index contributed by atoms with van der Waals surface area (Å²) in [5.41, 5.74) is 1.82. The Morgan fingerprint density at radius 1 is 1.00 bits per heavy atom. The van der Waals surface area contributed by atoms with E-state index in [0.717, 1.165) is 42.3 Å². The Kier molecular flexibility index (Phi) is 5.75. The molecule has 4 heterocycles. The van der Waals surface area contributed by atoms with Gasteiger partial charge in [-0.15, -0.1) is 10.2 Å². The molecule has 1 aromatic carbocycles. The molecule has 1 aliphatic rings. The minimum absolute atomic E-state index is 0.0687. The minimum atomic E-state index is -0.164. The van der Waals surface area contributed by atoms with Crippen molar-refractivity contribution in [2.75, 3.05) is 23.3 Å². The summed E-state index contributed by atoms with van der Waals surface area (Å²) < 4.78 is 1.92. The topological polar surface area (TPSA) is 102 Å². The molecule has 9 heteroatoms. The normalized spacial score (nSPS) is 15.9. The number of amides is 1. The third kappa shape index (κ3) is 4.57. The van der Waals surface area contributed by atoms with Crippen molar-refractivity contribution in [1.29, 1.82) is 0 Å². The Morgan fingerprint density at radius 3 is 2.61 bits per heavy atom. The van der Waals surface area contributed by atoms with Gasteiger partial charge in [0.1, 0.15) is 5.82 Å². The van der Waals surface area contributed by atoms with Gasteiger partial charge in [-0.2, -0.15) is 0 Å². The van der Waals surface area contributed by atoms with Gasteiger partial charge in [0.05, 0.1) is 5.92 Å². The lowest BCUT2D eigenvalue weighted by Crippen LogP contribution is -2.41. The number of anilines is 2. The van der Waals surface area contributed by atoms with Crippen LogP contribution in [0.3, 0.4) is 0 Å². The fourth-order valence-electron chi connectivity index (χ4n) is 4.03. The van der Waals surface area contributed by atoms with Gasteiger partial charge in [0.25, 0.3) is 0 Å². The number of piperidine rings is 1. The standard InChI is InChI=1S/C24H24N8O/c1-17-11-12-26-24(27-17)28-23(33)19-8-5-14-31(16-19)20-9-10-21(30-29-20)32-15-13-25-22(32)18-6-3-2-4-7-18/h2-4,6-7,9-13,15,19H,5,8,14,16H2,1H3,(H,26,27,28,33). The molecule has 4 aromatic rings. The fourth-order valence-corrected chi connectivity index (χ4v) is 4.03. The quantitative estimate of drug-likeness (QED) is 0.508. The van der Waals surface area contributed by atoms with Gasteiger partial charge in [-0.25, -0.2) is 15.0 Å². The SMILES string of the molecule is Cc1ccnc(NC(=O)C2CCCN(c3ccc(-n4ccnc4-c4ccccc4)nn3)C2)n1. The number of carbonyl (C=O) groups excluding carboxylic acids is 1. The molecular formula is C24H24N8O. The first-order chi connectivity index (χ1) is 16.2. The number of aryl methyl sites for hydroxylation is 1. The van der Waals surface area contributed by atoms with E-state index in [2.05, 4.69) is 35.4 Å². The van der Waals surface area contributed by atoms with Gasteiger partial charge in [-0.1, -0.05) is 30.3 Å². The molecule has 1 saturated heterocycles. The molecule has 166 valence electrons. The van der Waals surface area contributed by atoms with E-state index in [0.29, 0.717) is 18.3 Å². The summed E-state index contributed by atoms with van der Waals surface area (Å²) in [5, 5.41) is 11.7. The number of rotatable bonds is 5. The highest BCUT2D eigenvalue weighted by Crippen LogP contribution is 2.24. The van der Waals surface area contributed by atoms with Crippen molar-refractivity contribution in [3.63, 3.8) is 0 Å². The van der Waals surface area contributed by atoms with Crippen LogP contribution in [0.5, 0.6) is 0 Å². The molecule has 9 nitrogen and oxygen atoms in total. The highest BCUT2D eigenvalue weighted by molar-refractivity contribution is 5.91. The molecule has 0 radical (unpaired) electrons. The highest BCUT2D eigenvalue weighted by Gasteiger charge is 2.27. The van der Waals surface area contributed by atoms with Crippen LogP contribution in [0, 0.1) is 12.8 Å². The summed E-state index contributed by atoms with van der Waals surface area (Å²) in [4.78, 5) is 27.7. The lowest BCUT2D eigenvalue weighted by Gasteiger charge is -2.32. The molecule has 1 N–H and O–H groups in total. The zero-order valence-corrected chi connectivity index (χ0v) is 18.3. The van der Waals surface area contributed by atoms with Crippen LogP contribution in [0.15, 0.2) is 67.1 Å².